The van der Waals surface area contributed by atoms with Crippen LogP contribution in [0.15, 0.2) is 28.8 Å². The van der Waals surface area contributed by atoms with E-state index in [1.54, 1.807) is 0 Å². The summed E-state index contributed by atoms with van der Waals surface area (Å²) in [6.45, 7) is 0.878. The van der Waals surface area contributed by atoms with Crippen LogP contribution in [0, 0.1) is 0 Å². The van der Waals surface area contributed by atoms with Crippen LogP contribution in [0.1, 0.15) is 24.3 Å². The van der Waals surface area contributed by atoms with Crippen molar-refractivity contribution in [2.75, 3.05) is 14.1 Å². The van der Waals surface area contributed by atoms with E-state index in [9.17, 15) is 4.79 Å². The zero-order valence-corrected chi connectivity index (χ0v) is 12.7. The van der Waals surface area contributed by atoms with Gasteiger partial charge in [0.15, 0.2) is 0 Å². The molecule has 116 valence electrons. The first kappa shape index (κ1) is 14.5. The van der Waals surface area contributed by atoms with Crippen LogP contribution in [0.25, 0.3) is 11.4 Å². The van der Waals surface area contributed by atoms with E-state index in [-0.39, 0.29) is 0 Å². The Hall–Kier alpha value is -2.41. The van der Waals surface area contributed by atoms with Gasteiger partial charge in [-0.25, -0.2) is 4.79 Å². The van der Waals surface area contributed by atoms with Crippen LogP contribution < -0.4 is 11.1 Å². The maximum atomic E-state index is 11.0. The van der Waals surface area contributed by atoms with Gasteiger partial charge < -0.3 is 20.5 Å². The molecule has 3 N–H and O–H groups in total. The third-order valence-electron chi connectivity index (χ3n) is 3.66. The predicted molar refractivity (Wildman–Crippen MR) is 80.8 cm³/mol. The second-order valence-electron chi connectivity index (χ2n) is 5.93. The van der Waals surface area contributed by atoms with Crippen molar-refractivity contribution in [1.82, 2.24) is 20.4 Å². The van der Waals surface area contributed by atoms with Gasteiger partial charge in [-0.1, -0.05) is 29.4 Å². The number of rotatable bonds is 5. The molecule has 1 aromatic heterocycles. The number of carbonyl (C=O) groups excluding carboxylic acids is 1. The monoisotopic (exact) mass is 301 g/mol. The third-order valence-corrected chi connectivity index (χ3v) is 3.66. The SMILES string of the molecule is CN(C)Cc1ccc(-c2noc(C3(NC(N)=O)CC3)n2)cc1. The fourth-order valence-corrected chi connectivity index (χ4v) is 2.41. The number of nitrogens with zero attached hydrogens (tertiary/aromatic N) is 3. The number of nitrogens with two attached hydrogens (primary N) is 1. The molecule has 1 aliphatic carbocycles. The number of carbonyl (C=O) groups is 1. The Bertz CT molecular complexity index is 673. The van der Waals surface area contributed by atoms with E-state index in [0.717, 1.165) is 24.9 Å². The fourth-order valence-electron chi connectivity index (χ4n) is 2.41. The van der Waals surface area contributed by atoms with E-state index in [1.165, 1.54) is 5.56 Å². The van der Waals surface area contributed by atoms with Gasteiger partial charge in [-0.2, -0.15) is 4.98 Å². The van der Waals surface area contributed by atoms with Crippen molar-refractivity contribution < 1.29 is 9.32 Å². The highest BCUT2D eigenvalue weighted by Gasteiger charge is 2.50. The van der Waals surface area contributed by atoms with E-state index in [1.807, 2.05) is 38.4 Å². The van der Waals surface area contributed by atoms with Crippen molar-refractivity contribution in [2.45, 2.75) is 24.9 Å². The predicted octanol–water partition coefficient (Wildman–Crippen LogP) is 1.46. The molecule has 3 rings (SSSR count). The van der Waals surface area contributed by atoms with Crippen LogP contribution >= 0.6 is 0 Å². The van der Waals surface area contributed by atoms with Crippen LogP contribution in [0.4, 0.5) is 4.79 Å². The summed E-state index contributed by atoms with van der Waals surface area (Å²) < 4.78 is 5.30. The Kier molecular flexibility index (Phi) is 3.58. The summed E-state index contributed by atoms with van der Waals surface area (Å²) in [5.74, 6) is 0.933. The van der Waals surface area contributed by atoms with Gasteiger partial charge in [0.25, 0.3) is 5.89 Å². The number of urea groups is 1. The highest BCUT2D eigenvalue weighted by atomic mass is 16.5. The topological polar surface area (TPSA) is 97.3 Å². The summed E-state index contributed by atoms with van der Waals surface area (Å²) in [7, 11) is 4.06. The van der Waals surface area contributed by atoms with Gasteiger partial charge in [0.2, 0.25) is 5.82 Å². The molecule has 0 bridgehead atoms. The lowest BCUT2D eigenvalue weighted by Crippen LogP contribution is -2.38. The molecular formula is C15H19N5O2. The van der Waals surface area contributed by atoms with E-state index < -0.39 is 11.6 Å². The first-order valence-corrected chi connectivity index (χ1v) is 7.14. The highest BCUT2D eigenvalue weighted by molar-refractivity contribution is 5.73. The van der Waals surface area contributed by atoms with Crippen molar-refractivity contribution in [3.63, 3.8) is 0 Å². The van der Waals surface area contributed by atoms with Crippen LogP contribution in [0.2, 0.25) is 0 Å². The fraction of sp³-hybridized carbons (Fsp3) is 0.400. The summed E-state index contributed by atoms with van der Waals surface area (Å²) in [6.07, 6.45) is 1.53. The maximum absolute atomic E-state index is 11.0. The van der Waals surface area contributed by atoms with Gasteiger partial charge >= 0.3 is 6.03 Å². The number of hydrogen-bond acceptors (Lipinski definition) is 5. The van der Waals surface area contributed by atoms with Crippen molar-refractivity contribution in [1.29, 1.82) is 0 Å². The van der Waals surface area contributed by atoms with Crippen LogP contribution in [0.5, 0.6) is 0 Å². The van der Waals surface area contributed by atoms with Gasteiger partial charge in [-0.3, -0.25) is 0 Å². The Morgan fingerprint density at radius 1 is 1.36 bits per heavy atom. The molecule has 1 fully saturated rings. The van der Waals surface area contributed by atoms with E-state index >= 15 is 0 Å². The Morgan fingerprint density at radius 3 is 2.59 bits per heavy atom. The number of aromatic nitrogens is 2. The molecule has 0 atom stereocenters. The van der Waals surface area contributed by atoms with E-state index in [2.05, 4.69) is 20.4 Å². The molecule has 1 aliphatic rings. The van der Waals surface area contributed by atoms with Crippen molar-refractivity contribution in [3.05, 3.63) is 35.7 Å². The van der Waals surface area contributed by atoms with Gasteiger partial charge in [-0.05, 0) is 32.5 Å². The molecule has 1 heterocycles. The summed E-state index contributed by atoms with van der Waals surface area (Å²) in [6, 6.07) is 7.44. The quantitative estimate of drug-likeness (QED) is 0.871. The lowest BCUT2D eigenvalue weighted by Gasteiger charge is -2.10. The van der Waals surface area contributed by atoms with Crippen LogP contribution in [-0.4, -0.2) is 35.2 Å². The van der Waals surface area contributed by atoms with E-state index in [0.29, 0.717) is 11.7 Å². The minimum Gasteiger partial charge on any atom is -0.352 e. The Morgan fingerprint density at radius 2 is 2.05 bits per heavy atom. The van der Waals surface area contributed by atoms with Crippen molar-refractivity contribution in [3.8, 4) is 11.4 Å². The maximum Gasteiger partial charge on any atom is 0.313 e. The number of benzene rings is 1. The lowest BCUT2D eigenvalue weighted by atomic mass is 10.1. The second kappa shape index (κ2) is 5.42. The molecule has 0 unspecified atom stereocenters. The molecule has 0 radical (unpaired) electrons. The Labute approximate surface area is 128 Å². The Balaban J connectivity index is 1.78. The average molecular weight is 301 g/mol. The minimum atomic E-state index is -0.578. The van der Waals surface area contributed by atoms with Crippen molar-refractivity contribution >= 4 is 6.03 Å². The van der Waals surface area contributed by atoms with Gasteiger partial charge in [0.1, 0.15) is 5.54 Å². The summed E-state index contributed by atoms with van der Waals surface area (Å²) in [4.78, 5) is 17.6. The van der Waals surface area contributed by atoms with Gasteiger partial charge in [0.05, 0.1) is 0 Å². The molecular weight excluding hydrogens is 282 g/mol. The average Bonchev–Trinajstić information content (AvgIpc) is 3.04. The minimum absolute atomic E-state index is 0.415. The molecule has 1 aromatic carbocycles. The first-order chi connectivity index (χ1) is 10.5. The highest BCUT2D eigenvalue weighted by Crippen LogP contribution is 2.44. The smallest absolute Gasteiger partial charge is 0.313 e. The zero-order chi connectivity index (χ0) is 15.7. The van der Waals surface area contributed by atoms with Crippen LogP contribution in [0.3, 0.4) is 0 Å². The molecule has 0 aliphatic heterocycles. The largest absolute Gasteiger partial charge is 0.352 e. The number of primary amides is 1. The van der Waals surface area contributed by atoms with Crippen molar-refractivity contribution in [2.24, 2.45) is 5.73 Å². The normalized spacial score (nSPS) is 15.8. The molecule has 2 aromatic rings. The first-order valence-electron chi connectivity index (χ1n) is 7.14. The summed E-state index contributed by atoms with van der Waals surface area (Å²) in [5, 5.41) is 6.68. The van der Waals surface area contributed by atoms with Gasteiger partial charge in [-0.15, -0.1) is 0 Å². The third kappa shape index (κ3) is 2.94. The molecule has 1 saturated carbocycles. The summed E-state index contributed by atoms with van der Waals surface area (Å²) in [5.41, 5.74) is 6.71. The molecule has 22 heavy (non-hydrogen) atoms. The molecule has 0 saturated heterocycles. The number of hydrogen-bond donors (Lipinski definition) is 2. The van der Waals surface area contributed by atoms with Gasteiger partial charge in [0, 0.05) is 12.1 Å². The molecule has 7 heteroatoms. The molecule has 0 spiro atoms. The lowest BCUT2D eigenvalue weighted by molar-refractivity contribution is 0.238. The number of nitrogens with one attached hydrogen (secondary N) is 1. The molecule has 2 amide bonds. The summed E-state index contributed by atoms with van der Waals surface area (Å²) >= 11 is 0. The van der Waals surface area contributed by atoms with Crippen LogP contribution in [-0.2, 0) is 12.1 Å². The standard InChI is InChI=1S/C15H19N5O2/c1-20(2)9-10-3-5-11(6-4-10)12-17-13(22-19-12)15(7-8-15)18-14(16)21/h3-6H,7-9H2,1-2H3,(H3,16,18,21). The molecule has 7 nitrogen and oxygen atoms in total. The second-order valence-corrected chi connectivity index (χ2v) is 5.93. The number of amides is 2. The zero-order valence-electron chi connectivity index (χ0n) is 12.7. The van der Waals surface area contributed by atoms with E-state index in [4.69, 9.17) is 10.3 Å².